The number of methoxy groups -OCH3 is 1. The minimum atomic E-state index is -0.581. The summed E-state index contributed by atoms with van der Waals surface area (Å²) in [7, 11) is 1.28. The molecule has 3 aromatic carbocycles. The van der Waals surface area contributed by atoms with Gasteiger partial charge >= 0.3 is 5.97 Å². The summed E-state index contributed by atoms with van der Waals surface area (Å²) >= 11 is 0. The summed E-state index contributed by atoms with van der Waals surface area (Å²) in [5.74, 6) is -0.960. The van der Waals surface area contributed by atoms with Crippen LogP contribution in [0.1, 0.15) is 26.3 Å². The maximum atomic E-state index is 13.0. The Morgan fingerprint density at radius 1 is 0.914 bits per heavy atom. The van der Waals surface area contributed by atoms with Gasteiger partial charge in [0.1, 0.15) is 0 Å². The van der Waals surface area contributed by atoms with Crippen LogP contribution in [0.15, 0.2) is 72.8 Å². The maximum absolute atomic E-state index is 13.0. The quantitative estimate of drug-likeness (QED) is 0.396. The minimum Gasteiger partial charge on any atom is -0.465 e. The van der Waals surface area contributed by atoms with Gasteiger partial charge in [-0.15, -0.1) is 0 Å². The Labute approximate surface area is 204 Å². The number of anilines is 1. The van der Waals surface area contributed by atoms with Gasteiger partial charge in [0.15, 0.2) is 5.78 Å². The lowest BCUT2D eigenvalue weighted by Gasteiger charge is -2.26. The molecule has 0 aliphatic carbocycles. The fourth-order valence-electron chi connectivity index (χ4n) is 3.99. The lowest BCUT2D eigenvalue weighted by Crippen LogP contribution is -2.41. The number of rotatable bonds is 8. The minimum absolute atomic E-state index is 0.113. The molecule has 0 atom stereocenters. The molecule has 1 fully saturated rings. The number of hydrogen-bond acceptors (Lipinski definition) is 6. The highest BCUT2D eigenvalue weighted by Gasteiger charge is 2.19. The topological polar surface area (TPSA) is 84.9 Å². The number of carbonyl (C=O) groups excluding carboxylic acids is 3. The largest absolute Gasteiger partial charge is 0.465 e. The van der Waals surface area contributed by atoms with Gasteiger partial charge in [0.05, 0.1) is 38.1 Å². The molecular formula is C28H28N2O5. The van der Waals surface area contributed by atoms with Crippen molar-refractivity contribution in [1.82, 2.24) is 4.90 Å². The van der Waals surface area contributed by atoms with Crippen LogP contribution in [0.2, 0.25) is 0 Å². The van der Waals surface area contributed by atoms with Crippen molar-refractivity contribution in [1.29, 1.82) is 0 Å². The molecular weight excluding hydrogens is 444 g/mol. The van der Waals surface area contributed by atoms with E-state index in [1.807, 2.05) is 59.5 Å². The Bertz CT molecular complexity index is 1190. The van der Waals surface area contributed by atoms with Crippen molar-refractivity contribution >= 4 is 23.3 Å². The molecule has 0 radical (unpaired) electrons. The highest BCUT2D eigenvalue weighted by molar-refractivity contribution is 6.05. The summed E-state index contributed by atoms with van der Waals surface area (Å²) in [4.78, 5) is 39.9. The smallest absolute Gasteiger partial charge is 0.339 e. The van der Waals surface area contributed by atoms with Crippen LogP contribution in [-0.2, 0) is 20.7 Å². The molecule has 1 aliphatic rings. The number of nitrogens with one attached hydrogen (secondary N) is 1. The summed E-state index contributed by atoms with van der Waals surface area (Å²) in [6.45, 7) is 2.67. The van der Waals surface area contributed by atoms with Crippen molar-refractivity contribution in [3.05, 3.63) is 89.5 Å². The highest BCUT2D eigenvalue weighted by atomic mass is 16.5. The second kappa shape index (κ2) is 11.6. The Morgan fingerprint density at radius 3 is 2.29 bits per heavy atom. The number of carbonyl (C=O) groups is 3. The number of nitrogens with zero attached hydrogens (tertiary/aromatic N) is 1. The van der Waals surface area contributed by atoms with E-state index in [4.69, 9.17) is 9.47 Å². The summed E-state index contributed by atoms with van der Waals surface area (Å²) in [5, 5.41) is 2.78. The van der Waals surface area contributed by atoms with Crippen LogP contribution < -0.4 is 5.32 Å². The third kappa shape index (κ3) is 6.41. The van der Waals surface area contributed by atoms with Gasteiger partial charge in [0.2, 0.25) is 5.91 Å². The van der Waals surface area contributed by atoms with Crippen LogP contribution in [-0.4, -0.2) is 62.5 Å². The Hall–Kier alpha value is -3.81. The number of esters is 1. The second-order valence-corrected chi connectivity index (χ2v) is 8.35. The molecule has 4 rings (SSSR count). The van der Waals surface area contributed by atoms with Crippen molar-refractivity contribution in [2.75, 3.05) is 45.3 Å². The van der Waals surface area contributed by atoms with Gasteiger partial charge in [-0.25, -0.2) is 4.79 Å². The van der Waals surface area contributed by atoms with Crippen LogP contribution >= 0.6 is 0 Å². The maximum Gasteiger partial charge on any atom is 0.339 e. The zero-order valence-corrected chi connectivity index (χ0v) is 19.7. The second-order valence-electron chi connectivity index (χ2n) is 8.35. The summed E-state index contributed by atoms with van der Waals surface area (Å²) in [6, 6.07) is 22.5. The molecule has 1 N–H and O–H groups in total. The van der Waals surface area contributed by atoms with E-state index in [0.717, 1.165) is 16.7 Å². The molecule has 1 aliphatic heterocycles. The van der Waals surface area contributed by atoms with E-state index in [9.17, 15) is 14.4 Å². The molecule has 7 nitrogen and oxygen atoms in total. The lowest BCUT2D eigenvalue weighted by atomic mass is 9.98. The molecule has 180 valence electrons. The number of morpholine rings is 1. The molecule has 7 heteroatoms. The number of Topliss-reactive ketones (excluding diaryl/α,β-unsaturated/α-hetero) is 1. The van der Waals surface area contributed by atoms with E-state index in [-0.39, 0.29) is 35.9 Å². The first kappa shape index (κ1) is 24.3. The van der Waals surface area contributed by atoms with E-state index >= 15 is 0 Å². The SMILES string of the molecule is COC(=O)c1ccc(C(=O)Cc2ccc(-c3ccccc3)cc2)cc1NC(=O)CN1CCOCC1. The van der Waals surface area contributed by atoms with Crippen molar-refractivity contribution in [3.8, 4) is 11.1 Å². The number of benzene rings is 3. The monoisotopic (exact) mass is 472 g/mol. The highest BCUT2D eigenvalue weighted by Crippen LogP contribution is 2.22. The van der Waals surface area contributed by atoms with Gasteiger partial charge in [0.25, 0.3) is 0 Å². The average molecular weight is 473 g/mol. The average Bonchev–Trinajstić information content (AvgIpc) is 2.89. The number of hydrogen-bond donors (Lipinski definition) is 1. The van der Waals surface area contributed by atoms with E-state index < -0.39 is 5.97 Å². The standard InChI is InChI=1S/C28H28N2O5/c1-34-28(33)24-12-11-23(18-25(24)29-27(32)19-30-13-15-35-16-14-30)26(31)17-20-7-9-22(10-8-20)21-5-3-2-4-6-21/h2-12,18H,13-17,19H2,1H3,(H,29,32). The van der Waals surface area contributed by atoms with Gasteiger partial charge in [-0.2, -0.15) is 0 Å². The van der Waals surface area contributed by atoms with Gasteiger partial charge in [-0.3, -0.25) is 14.5 Å². The van der Waals surface area contributed by atoms with Crippen LogP contribution in [0.5, 0.6) is 0 Å². The molecule has 35 heavy (non-hydrogen) atoms. The molecule has 0 spiro atoms. The first-order chi connectivity index (χ1) is 17.0. The molecule has 0 unspecified atom stereocenters. The van der Waals surface area contributed by atoms with Crippen molar-refractivity contribution < 1.29 is 23.9 Å². The molecule has 0 aromatic heterocycles. The Kier molecular flexibility index (Phi) is 8.03. The fraction of sp³-hybridized carbons (Fsp3) is 0.250. The molecule has 0 bridgehead atoms. The van der Waals surface area contributed by atoms with E-state index in [1.54, 1.807) is 12.1 Å². The van der Waals surface area contributed by atoms with E-state index in [2.05, 4.69) is 5.32 Å². The molecule has 1 amide bonds. The Balaban J connectivity index is 1.48. The predicted octanol–water partition coefficient (Wildman–Crippen LogP) is 3.84. The predicted molar refractivity (Wildman–Crippen MR) is 134 cm³/mol. The Morgan fingerprint density at radius 2 is 1.60 bits per heavy atom. The number of amides is 1. The van der Waals surface area contributed by atoms with E-state index in [1.165, 1.54) is 13.2 Å². The number of ether oxygens (including phenoxy) is 2. The summed E-state index contributed by atoms with van der Waals surface area (Å²) in [5.41, 5.74) is 3.94. The normalized spacial score (nSPS) is 13.7. The van der Waals surface area contributed by atoms with Gasteiger partial charge in [-0.05, 0) is 28.8 Å². The van der Waals surface area contributed by atoms with Crippen LogP contribution in [0.3, 0.4) is 0 Å². The molecule has 0 saturated carbocycles. The van der Waals surface area contributed by atoms with Crippen molar-refractivity contribution in [3.63, 3.8) is 0 Å². The van der Waals surface area contributed by atoms with Gasteiger partial charge in [0, 0.05) is 25.1 Å². The van der Waals surface area contributed by atoms with E-state index in [0.29, 0.717) is 31.9 Å². The molecule has 3 aromatic rings. The van der Waals surface area contributed by atoms with Crippen molar-refractivity contribution in [2.24, 2.45) is 0 Å². The first-order valence-corrected chi connectivity index (χ1v) is 11.5. The third-order valence-electron chi connectivity index (χ3n) is 5.92. The third-order valence-corrected chi connectivity index (χ3v) is 5.92. The van der Waals surface area contributed by atoms with Gasteiger partial charge < -0.3 is 14.8 Å². The van der Waals surface area contributed by atoms with Gasteiger partial charge in [-0.1, -0.05) is 60.7 Å². The zero-order chi connectivity index (χ0) is 24.6. The lowest BCUT2D eigenvalue weighted by molar-refractivity contribution is -0.118. The fourth-order valence-corrected chi connectivity index (χ4v) is 3.99. The zero-order valence-electron chi connectivity index (χ0n) is 19.7. The number of ketones is 1. The molecule has 1 heterocycles. The van der Waals surface area contributed by atoms with Crippen LogP contribution in [0.25, 0.3) is 11.1 Å². The summed E-state index contributed by atoms with van der Waals surface area (Å²) in [6.07, 6.45) is 0.202. The first-order valence-electron chi connectivity index (χ1n) is 11.5. The summed E-state index contributed by atoms with van der Waals surface area (Å²) < 4.78 is 10.2. The van der Waals surface area contributed by atoms with Crippen molar-refractivity contribution in [2.45, 2.75) is 6.42 Å². The molecule has 1 saturated heterocycles. The van der Waals surface area contributed by atoms with Crippen LogP contribution in [0, 0.1) is 0 Å². The van der Waals surface area contributed by atoms with Crippen LogP contribution in [0.4, 0.5) is 5.69 Å².